The van der Waals surface area contributed by atoms with Gasteiger partial charge in [-0.3, -0.25) is 4.79 Å². The predicted octanol–water partition coefficient (Wildman–Crippen LogP) is 1.92. The standard InChI is InChI=1S/C18H21N3O3S/c1-2-20(17-10-11-25(23,24)14-17)18(22)9-8-15-12-19-21(13-15)16-6-4-3-5-7-16/h3-9,12-13,17H,2,10-11,14H2,1H3/b9-8+. The van der Waals surface area contributed by atoms with Gasteiger partial charge in [0.1, 0.15) is 0 Å². The lowest BCUT2D eigenvalue weighted by Gasteiger charge is -2.25. The highest BCUT2D eigenvalue weighted by Crippen LogP contribution is 2.18. The number of amides is 1. The van der Waals surface area contributed by atoms with Gasteiger partial charge in [0, 0.05) is 30.4 Å². The molecule has 0 spiro atoms. The van der Waals surface area contributed by atoms with E-state index in [-0.39, 0.29) is 23.5 Å². The number of nitrogens with zero attached hydrogens (tertiary/aromatic N) is 3. The Morgan fingerprint density at radius 3 is 2.76 bits per heavy atom. The maximum Gasteiger partial charge on any atom is 0.246 e. The fraction of sp³-hybridized carbons (Fsp3) is 0.333. The highest BCUT2D eigenvalue weighted by Gasteiger charge is 2.33. The molecule has 2 aromatic rings. The van der Waals surface area contributed by atoms with Crippen molar-refractivity contribution < 1.29 is 13.2 Å². The number of aromatic nitrogens is 2. The molecular weight excluding hydrogens is 338 g/mol. The first-order valence-electron chi connectivity index (χ1n) is 8.28. The van der Waals surface area contributed by atoms with E-state index in [9.17, 15) is 13.2 Å². The molecule has 1 aliphatic heterocycles. The topological polar surface area (TPSA) is 72.3 Å². The summed E-state index contributed by atoms with van der Waals surface area (Å²) in [5.41, 5.74) is 1.76. The number of rotatable bonds is 5. The zero-order chi connectivity index (χ0) is 17.9. The number of carbonyl (C=O) groups excluding carboxylic acids is 1. The predicted molar refractivity (Wildman–Crippen MR) is 97.0 cm³/mol. The van der Waals surface area contributed by atoms with Crippen molar-refractivity contribution in [2.75, 3.05) is 18.1 Å². The van der Waals surface area contributed by atoms with Crippen molar-refractivity contribution in [3.63, 3.8) is 0 Å². The molecule has 1 atom stereocenters. The van der Waals surface area contributed by atoms with E-state index in [0.29, 0.717) is 13.0 Å². The van der Waals surface area contributed by atoms with Crippen LogP contribution in [-0.4, -0.2) is 53.1 Å². The van der Waals surface area contributed by atoms with E-state index < -0.39 is 9.84 Å². The molecule has 0 bridgehead atoms. The number of carbonyl (C=O) groups is 1. The molecule has 1 saturated heterocycles. The van der Waals surface area contributed by atoms with Crippen molar-refractivity contribution >= 4 is 21.8 Å². The van der Waals surface area contributed by atoms with Crippen LogP contribution in [0.4, 0.5) is 0 Å². The van der Waals surface area contributed by atoms with Crippen LogP contribution in [0.3, 0.4) is 0 Å². The molecule has 1 unspecified atom stereocenters. The first-order valence-corrected chi connectivity index (χ1v) is 10.1. The SMILES string of the molecule is CCN(C(=O)/C=C/c1cnn(-c2ccccc2)c1)C1CCS(=O)(=O)C1. The van der Waals surface area contributed by atoms with Crippen molar-refractivity contribution in [3.05, 3.63) is 54.4 Å². The number of likely N-dealkylation sites (N-methyl/N-ethyl adjacent to an activating group) is 1. The molecular formula is C18H21N3O3S. The van der Waals surface area contributed by atoms with Gasteiger partial charge in [0.15, 0.2) is 9.84 Å². The van der Waals surface area contributed by atoms with Crippen LogP contribution in [0.15, 0.2) is 48.8 Å². The maximum atomic E-state index is 12.4. The highest BCUT2D eigenvalue weighted by atomic mass is 32.2. The van der Waals surface area contributed by atoms with Crippen molar-refractivity contribution in [2.45, 2.75) is 19.4 Å². The number of hydrogen-bond donors (Lipinski definition) is 0. The van der Waals surface area contributed by atoms with Gasteiger partial charge in [0.25, 0.3) is 0 Å². The Labute approximate surface area is 147 Å². The monoisotopic (exact) mass is 359 g/mol. The van der Waals surface area contributed by atoms with E-state index in [1.165, 1.54) is 6.08 Å². The Balaban J connectivity index is 1.69. The first-order chi connectivity index (χ1) is 12.0. The average Bonchev–Trinajstić information content (AvgIpc) is 3.21. The maximum absolute atomic E-state index is 12.4. The minimum atomic E-state index is -3.01. The van der Waals surface area contributed by atoms with Crippen LogP contribution in [0.5, 0.6) is 0 Å². The van der Waals surface area contributed by atoms with Gasteiger partial charge >= 0.3 is 0 Å². The third kappa shape index (κ3) is 4.17. The van der Waals surface area contributed by atoms with Crippen molar-refractivity contribution in [1.82, 2.24) is 14.7 Å². The van der Waals surface area contributed by atoms with E-state index in [0.717, 1.165) is 11.3 Å². The largest absolute Gasteiger partial charge is 0.335 e. The zero-order valence-corrected chi connectivity index (χ0v) is 14.9. The molecule has 0 aliphatic carbocycles. The Kier molecular flexibility index (Phi) is 5.03. The highest BCUT2D eigenvalue weighted by molar-refractivity contribution is 7.91. The Bertz CT molecular complexity index is 872. The molecule has 1 aromatic heterocycles. The van der Waals surface area contributed by atoms with E-state index in [4.69, 9.17) is 0 Å². The summed E-state index contributed by atoms with van der Waals surface area (Å²) in [5.74, 6) is 0.0542. The van der Waals surface area contributed by atoms with Crippen molar-refractivity contribution in [3.8, 4) is 5.69 Å². The molecule has 2 heterocycles. The second-order valence-corrected chi connectivity index (χ2v) is 8.30. The molecule has 132 valence electrons. The minimum absolute atomic E-state index is 0.0619. The third-order valence-corrected chi connectivity index (χ3v) is 6.06. The summed E-state index contributed by atoms with van der Waals surface area (Å²) in [6, 6.07) is 9.49. The van der Waals surface area contributed by atoms with E-state index >= 15 is 0 Å². The van der Waals surface area contributed by atoms with Crippen LogP contribution in [0, 0.1) is 0 Å². The molecule has 7 heteroatoms. The lowest BCUT2D eigenvalue weighted by molar-refractivity contribution is -0.127. The Morgan fingerprint density at radius 1 is 1.36 bits per heavy atom. The fourth-order valence-corrected chi connectivity index (χ4v) is 4.75. The van der Waals surface area contributed by atoms with Crippen molar-refractivity contribution in [2.24, 2.45) is 0 Å². The first kappa shape index (κ1) is 17.4. The molecule has 0 N–H and O–H groups in total. The van der Waals surface area contributed by atoms with Crippen LogP contribution in [0.2, 0.25) is 0 Å². The van der Waals surface area contributed by atoms with Gasteiger partial charge in [0.2, 0.25) is 5.91 Å². The van der Waals surface area contributed by atoms with Crippen LogP contribution in [-0.2, 0) is 14.6 Å². The molecule has 1 aromatic carbocycles. The molecule has 6 nitrogen and oxygen atoms in total. The number of benzene rings is 1. The average molecular weight is 359 g/mol. The quantitative estimate of drug-likeness (QED) is 0.765. The van der Waals surface area contributed by atoms with Crippen LogP contribution >= 0.6 is 0 Å². The summed E-state index contributed by atoms with van der Waals surface area (Å²) < 4.78 is 25.0. The summed E-state index contributed by atoms with van der Waals surface area (Å²) >= 11 is 0. The summed E-state index contributed by atoms with van der Waals surface area (Å²) in [6.07, 6.45) is 7.24. The second-order valence-electron chi connectivity index (χ2n) is 6.07. The lowest BCUT2D eigenvalue weighted by atomic mass is 10.2. The Hall–Kier alpha value is -2.41. The number of sulfone groups is 1. The molecule has 3 rings (SSSR count). The molecule has 1 fully saturated rings. The third-order valence-electron chi connectivity index (χ3n) is 4.31. The van der Waals surface area contributed by atoms with Gasteiger partial charge in [-0.25, -0.2) is 13.1 Å². The number of para-hydroxylation sites is 1. The van der Waals surface area contributed by atoms with Gasteiger partial charge in [-0.1, -0.05) is 18.2 Å². The normalized spacial score (nSPS) is 19.3. The summed E-state index contributed by atoms with van der Waals surface area (Å²) in [4.78, 5) is 14.1. The van der Waals surface area contributed by atoms with Crippen LogP contribution in [0.25, 0.3) is 11.8 Å². The van der Waals surface area contributed by atoms with Crippen LogP contribution < -0.4 is 0 Å². The summed E-state index contributed by atoms with van der Waals surface area (Å²) in [5, 5.41) is 4.29. The molecule has 25 heavy (non-hydrogen) atoms. The van der Waals surface area contributed by atoms with Gasteiger partial charge in [0.05, 0.1) is 23.4 Å². The zero-order valence-electron chi connectivity index (χ0n) is 14.1. The smallest absolute Gasteiger partial charge is 0.246 e. The molecule has 0 saturated carbocycles. The summed E-state index contributed by atoms with van der Waals surface area (Å²) in [7, 11) is -3.01. The lowest BCUT2D eigenvalue weighted by Crippen LogP contribution is -2.39. The van der Waals surface area contributed by atoms with Gasteiger partial charge in [-0.2, -0.15) is 5.10 Å². The van der Waals surface area contributed by atoms with E-state index in [2.05, 4.69) is 5.10 Å². The van der Waals surface area contributed by atoms with Gasteiger partial charge in [-0.15, -0.1) is 0 Å². The second kappa shape index (κ2) is 7.23. The van der Waals surface area contributed by atoms with Crippen LogP contribution in [0.1, 0.15) is 18.9 Å². The van der Waals surface area contributed by atoms with Gasteiger partial charge in [-0.05, 0) is 31.6 Å². The summed E-state index contributed by atoms with van der Waals surface area (Å²) in [6.45, 7) is 2.36. The van der Waals surface area contributed by atoms with E-state index in [1.807, 2.05) is 43.5 Å². The molecule has 0 radical (unpaired) electrons. The Morgan fingerprint density at radius 2 is 2.12 bits per heavy atom. The van der Waals surface area contributed by atoms with Gasteiger partial charge < -0.3 is 4.90 Å². The number of hydrogen-bond acceptors (Lipinski definition) is 4. The molecule has 1 aliphatic rings. The van der Waals surface area contributed by atoms with Crippen molar-refractivity contribution in [1.29, 1.82) is 0 Å². The fourth-order valence-electron chi connectivity index (χ4n) is 3.02. The molecule has 1 amide bonds. The minimum Gasteiger partial charge on any atom is -0.335 e. The van der Waals surface area contributed by atoms with E-state index in [1.54, 1.807) is 21.9 Å².